The van der Waals surface area contributed by atoms with Gasteiger partial charge in [0.2, 0.25) is 5.95 Å². The Balaban J connectivity index is 1.35. The molecule has 1 amide bonds. The Morgan fingerprint density at radius 1 is 0.939 bits per heavy atom. The molecular formula is C24H25N5O3S. The highest BCUT2D eigenvalue weighted by Gasteiger charge is 2.36. The molecule has 170 valence electrons. The van der Waals surface area contributed by atoms with E-state index in [-0.39, 0.29) is 16.8 Å². The van der Waals surface area contributed by atoms with E-state index in [4.69, 9.17) is 0 Å². The van der Waals surface area contributed by atoms with Gasteiger partial charge in [0.15, 0.2) is 0 Å². The lowest BCUT2D eigenvalue weighted by molar-refractivity contribution is 0.0746. The monoisotopic (exact) mass is 463 g/mol. The number of anilines is 2. The first-order valence-corrected chi connectivity index (χ1v) is 12.4. The van der Waals surface area contributed by atoms with E-state index in [2.05, 4.69) is 9.97 Å². The van der Waals surface area contributed by atoms with Crippen molar-refractivity contribution >= 4 is 27.6 Å². The first-order valence-electron chi connectivity index (χ1n) is 11.0. The molecule has 2 aromatic carbocycles. The van der Waals surface area contributed by atoms with Gasteiger partial charge in [0.25, 0.3) is 15.9 Å². The molecule has 1 aromatic heterocycles. The molecule has 8 nitrogen and oxygen atoms in total. The molecular weight excluding hydrogens is 438 g/mol. The van der Waals surface area contributed by atoms with Crippen molar-refractivity contribution in [3.63, 3.8) is 0 Å². The summed E-state index contributed by atoms with van der Waals surface area (Å²) in [7, 11) is -3.80. The molecule has 1 atom stereocenters. The van der Waals surface area contributed by atoms with Gasteiger partial charge in [-0.3, -0.25) is 9.10 Å². The Labute approximate surface area is 193 Å². The molecule has 1 fully saturated rings. The summed E-state index contributed by atoms with van der Waals surface area (Å²) >= 11 is 0. The van der Waals surface area contributed by atoms with Crippen LogP contribution in [0.2, 0.25) is 0 Å². The number of nitrogens with zero attached hydrogens (tertiary/aromatic N) is 5. The second-order valence-corrected chi connectivity index (χ2v) is 10.2. The minimum atomic E-state index is -3.80. The highest BCUT2D eigenvalue weighted by molar-refractivity contribution is 7.92. The summed E-state index contributed by atoms with van der Waals surface area (Å²) < 4.78 is 28.6. The predicted octanol–water partition coefficient (Wildman–Crippen LogP) is 2.58. The second-order valence-electron chi connectivity index (χ2n) is 8.34. The molecule has 9 heteroatoms. The van der Waals surface area contributed by atoms with Crippen LogP contribution < -0.4 is 9.21 Å². The highest BCUT2D eigenvalue weighted by atomic mass is 32.2. The number of para-hydroxylation sites is 1. The maximum atomic E-state index is 13.5. The van der Waals surface area contributed by atoms with Gasteiger partial charge >= 0.3 is 0 Å². The maximum Gasteiger partial charge on any atom is 0.264 e. The molecule has 0 unspecified atom stereocenters. The van der Waals surface area contributed by atoms with E-state index in [1.54, 1.807) is 41.6 Å². The van der Waals surface area contributed by atoms with Crippen LogP contribution in [0.5, 0.6) is 0 Å². The fourth-order valence-corrected chi connectivity index (χ4v) is 6.29. The average Bonchev–Trinajstić information content (AvgIpc) is 3.21. The minimum Gasteiger partial charge on any atom is -0.337 e. The highest BCUT2D eigenvalue weighted by Crippen LogP contribution is 2.36. The van der Waals surface area contributed by atoms with Gasteiger partial charge < -0.3 is 9.80 Å². The van der Waals surface area contributed by atoms with E-state index in [0.29, 0.717) is 49.8 Å². The quantitative estimate of drug-likeness (QED) is 0.591. The minimum absolute atomic E-state index is 0.133. The fourth-order valence-electron chi connectivity index (χ4n) is 4.55. The van der Waals surface area contributed by atoms with Crippen molar-refractivity contribution in [1.29, 1.82) is 0 Å². The van der Waals surface area contributed by atoms with Crippen LogP contribution in [-0.2, 0) is 16.4 Å². The number of amides is 1. The number of piperazine rings is 1. The van der Waals surface area contributed by atoms with Crippen molar-refractivity contribution in [1.82, 2.24) is 14.9 Å². The molecule has 33 heavy (non-hydrogen) atoms. The number of fused-ring (bicyclic) bond motifs is 1. The smallest absolute Gasteiger partial charge is 0.264 e. The van der Waals surface area contributed by atoms with Gasteiger partial charge in [-0.25, -0.2) is 18.4 Å². The summed E-state index contributed by atoms with van der Waals surface area (Å²) in [5.74, 6) is 0.480. The zero-order valence-electron chi connectivity index (χ0n) is 18.3. The summed E-state index contributed by atoms with van der Waals surface area (Å²) in [4.78, 5) is 25.6. The van der Waals surface area contributed by atoms with Gasteiger partial charge in [0.05, 0.1) is 10.6 Å². The van der Waals surface area contributed by atoms with Crippen molar-refractivity contribution in [3.05, 3.63) is 78.1 Å². The number of hydrogen-bond acceptors (Lipinski definition) is 6. The maximum absolute atomic E-state index is 13.5. The summed E-state index contributed by atoms with van der Waals surface area (Å²) in [6, 6.07) is 15.5. The summed E-state index contributed by atoms with van der Waals surface area (Å²) in [5.41, 5.74) is 2.10. The van der Waals surface area contributed by atoms with Crippen LogP contribution in [0.4, 0.5) is 11.6 Å². The molecule has 1 saturated heterocycles. The first kappa shape index (κ1) is 21.4. The third kappa shape index (κ3) is 3.93. The molecule has 0 N–H and O–H groups in total. The van der Waals surface area contributed by atoms with Crippen molar-refractivity contribution in [3.8, 4) is 0 Å². The molecule has 0 bridgehead atoms. The molecule has 2 aliphatic rings. The molecule has 0 aliphatic carbocycles. The molecule has 0 spiro atoms. The summed E-state index contributed by atoms with van der Waals surface area (Å²) in [5, 5.41) is 0. The van der Waals surface area contributed by atoms with Gasteiger partial charge in [-0.05, 0) is 49.2 Å². The van der Waals surface area contributed by atoms with Crippen LogP contribution in [0.25, 0.3) is 0 Å². The van der Waals surface area contributed by atoms with Gasteiger partial charge in [-0.15, -0.1) is 0 Å². The van der Waals surface area contributed by atoms with Crippen LogP contribution in [-0.4, -0.2) is 61.4 Å². The van der Waals surface area contributed by atoms with Gasteiger partial charge in [-0.1, -0.05) is 24.3 Å². The van der Waals surface area contributed by atoms with Gasteiger partial charge in [0, 0.05) is 50.2 Å². The number of carbonyl (C=O) groups is 1. The van der Waals surface area contributed by atoms with Crippen molar-refractivity contribution in [2.75, 3.05) is 35.4 Å². The van der Waals surface area contributed by atoms with Crippen LogP contribution in [0, 0.1) is 0 Å². The zero-order chi connectivity index (χ0) is 23.0. The number of benzene rings is 2. The Morgan fingerprint density at radius 2 is 1.67 bits per heavy atom. The van der Waals surface area contributed by atoms with Crippen molar-refractivity contribution in [2.45, 2.75) is 24.3 Å². The van der Waals surface area contributed by atoms with E-state index in [9.17, 15) is 13.2 Å². The van der Waals surface area contributed by atoms with Gasteiger partial charge in [-0.2, -0.15) is 0 Å². The first-order chi connectivity index (χ1) is 15.9. The molecule has 5 rings (SSSR count). The summed E-state index contributed by atoms with van der Waals surface area (Å²) in [6.45, 7) is 4.18. The van der Waals surface area contributed by atoms with Crippen LogP contribution >= 0.6 is 0 Å². The lowest BCUT2D eigenvalue weighted by atomic mass is 10.1. The van der Waals surface area contributed by atoms with E-state index in [1.807, 2.05) is 36.1 Å². The van der Waals surface area contributed by atoms with E-state index < -0.39 is 10.0 Å². The third-order valence-electron chi connectivity index (χ3n) is 6.18. The van der Waals surface area contributed by atoms with Gasteiger partial charge in [0.1, 0.15) is 0 Å². The largest absolute Gasteiger partial charge is 0.337 e. The third-order valence-corrected chi connectivity index (χ3v) is 8.11. The average molecular weight is 464 g/mol. The standard InChI is InChI=1S/C24H25N5O3S/c1-18-16-19-6-2-3-9-22(19)29(18)33(31,32)21-8-4-7-20(17-21)23(30)27-12-14-28(15-13-27)24-25-10-5-11-26-24/h2-11,17-18H,12-16H2,1H3/t18-/m0/s1. The number of carbonyl (C=O) groups excluding carboxylic acids is 1. The van der Waals surface area contributed by atoms with Crippen LogP contribution in [0.3, 0.4) is 0 Å². The molecule has 2 aliphatic heterocycles. The normalized spacial score (nSPS) is 18.3. The lowest BCUT2D eigenvalue weighted by Gasteiger charge is -2.34. The molecule has 0 saturated carbocycles. The van der Waals surface area contributed by atoms with E-state index >= 15 is 0 Å². The zero-order valence-corrected chi connectivity index (χ0v) is 19.1. The lowest BCUT2D eigenvalue weighted by Crippen LogP contribution is -2.49. The van der Waals surface area contributed by atoms with Crippen LogP contribution in [0.15, 0.2) is 71.9 Å². The van der Waals surface area contributed by atoms with E-state index in [1.165, 1.54) is 10.4 Å². The number of rotatable bonds is 4. The molecule has 3 heterocycles. The predicted molar refractivity (Wildman–Crippen MR) is 126 cm³/mol. The number of aromatic nitrogens is 2. The Hall–Kier alpha value is -3.46. The number of sulfonamides is 1. The SMILES string of the molecule is C[C@H]1Cc2ccccc2N1S(=O)(=O)c1cccc(C(=O)N2CCN(c3ncccn3)CC2)c1. The fraction of sp³-hybridized carbons (Fsp3) is 0.292. The Morgan fingerprint density at radius 3 is 2.42 bits per heavy atom. The topological polar surface area (TPSA) is 86.7 Å². The summed E-state index contributed by atoms with van der Waals surface area (Å²) in [6.07, 6.45) is 4.07. The van der Waals surface area contributed by atoms with Crippen molar-refractivity contribution < 1.29 is 13.2 Å². The molecule has 0 radical (unpaired) electrons. The molecule has 3 aromatic rings. The second kappa shape index (κ2) is 8.47. The Bertz CT molecular complexity index is 1270. The van der Waals surface area contributed by atoms with Crippen molar-refractivity contribution in [2.24, 2.45) is 0 Å². The van der Waals surface area contributed by atoms with Crippen LogP contribution in [0.1, 0.15) is 22.8 Å². The Kier molecular flexibility index (Phi) is 5.49. The van der Waals surface area contributed by atoms with E-state index in [0.717, 1.165) is 5.56 Å². The number of hydrogen-bond donors (Lipinski definition) is 0.